The molecule has 1 aromatic heterocycles. The van der Waals surface area contributed by atoms with Gasteiger partial charge in [-0.1, -0.05) is 13.8 Å². The van der Waals surface area contributed by atoms with E-state index >= 15 is 0 Å². The molecular formula is C10H14N2S. The van der Waals surface area contributed by atoms with E-state index in [1.807, 2.05) is 12.1 Å². The maximum Gasteiger partial charge on any atom is 0.110 e. The Morgan fingerprint density at radius 3 is 2.69 bits per heavy atom. The predicted octanol–water partition coefficient (Wildman–Crippen LogP) is 2.15. The highest BCUT2D eigenvalue weighted by Gasteiger charge is 2.17. The molecule has 0 spiro atoms. The van der Waals surface area contributed by atoms with Crippen LogP contribution in [0.4, 0.5) is 0 Å². The maximum absolute atomic E-state index is 8.64. The lowest BCUT2D eigenvalue weighted by atomic mass is 9.89. The van der Waals surface area contributed by atoms with Gasteiger partial charge in [-0.15, -0.1) is 11.3 Å². The molecule has 1 aromatic rings. The Labute approximate surface area is 83.0 Å². The molecule has 0 radical (unpaired) electrons. The van der Waals surface area contributed by atoms with Gasteiger partial charge in [0.05, 0.1) is 0 Å². The molecule has 0 saturated carbocycles. The van der Waals surface area contributed by atoms with Crippen molar-refractivity contribution in [1.82, 2.24) is 0 Å². The molecule has 0 aliphatic heterocycles. The number of rotatable bonds is 3. The summed E-state index contributed by atoms with van der Waals surface area (Å²) in [4.78, 5) is 2.02. The molecule has 1 heterocycles. The summed E-state index contributed by atoms with van der Waals surface area (Å²) in [6.07, 6.45) is 0.954. The Hall–Kier alpha value is -0.850. The van der Waals surface area contributed by atoms with Crippen LogP contribution >= 0.6 is 11.3 Å². The third kappa shape index (κ3) is 2.83. The highest BCUT2D eigenvalue weighted by Crippen LogP contribution is 2.25. The minimum Gasteiger partial charge on any atom is -0.330 e. The van der Waals surface area contributed by atoms with Crippen LogP contribution < -0.4 is 5.73 Å². The zero-order valence-electron chi connectivity index (χ0n) is 8.00. The second-order valence-electron chi connectivity index (χ2n) is 3.92. The van der Waals surface area contributed by atoms with E-state index < -0.39 is 0 Å². The van der Waals surface area contributed by atoms with Crippen molar-refractivity contribution in [3.63, 3.8) is 0 Å². The van der Waals surface area contributed by atoms with Gasteiger partial charge in [-0.2, -0.15) is 5.26 Å². The van der Waals surface area contributed by atoms with Crippen LogP contribution in [0.2, 0.25) is 0 Å². The van der Waals surface area contributed by atoms with Crippen molar-refractivity contribution in [3.8, 4) is 6.07 Å². The molecule has 2 N–H and O–H groups in total. The quantitative estimate of drug-likeness (QED) is 0.801. The van der Waals surface area contributed by atoms with Gasteiger partial charge < -0.3 is 5.73 Å². The summed E-state index contributed by atoms with van der Waals surface area (Å²) in [6, 6.07) is 6.02. The molecular weight excluding hydrogens is 180 g/mol. The average Bonchev–Trinajstić information content (AvgIpc) is 2.52. The number of nitriles is 1. The van der Waals surface area contributed by atoms with Crippen LogP contribution in [0.15, 0.2) is 12.1 Å². The van der Waals surface area contributed by atoms with Crippen molar-refractivity contribution in [3.05, 3.63) is 21.9 Å². The van der Waals surface area contributed by atoms with Crippen LogP contribution in [-0.2, 0) is 6.42 Å². The summed E-state index contributed by atoms with van der Waals surface area (Å²) < 4.78 is 0. The molecule has 2 nitrogen and oxygen atoms in total. The van der Waals surface area contributed by atoms with E-state index in [0.717, 1.165) is 11.3 Å². The molecule has 0 saturated heterocycles. The zero-order chi connectivity index (χ0) is 9.90. The van der Waals surface area contributed by atoms with Gasteiger partial charge in [0, 0.05) is 4.88 Å². The zero-order valence-corrected chi connectivity index (χ0v) is 8.82. The smallest absolute Gasteiger partial charge is 0.110 e. The van der Waals surface area contributed by atoms with Crippen LogP contribution in [0.1, 0.15) is 23.6 Å². The van der Waals surface area contributed by atoms with Crippen LogP contribution in [0.5, 0.6) is 0 Å². The summed E-state index contributed by atoms with van der Waals surface area (Å²) >= 11 is 1.56. The third-order valence-corrected chi connectivity index (χ3v) is 2.97. The molecule has 0 bridgehead atoms. The molecule has 0 aliphatic rings. The van der Waals surface area contributed by atoms with E-state index in [1.165, 1.54) is 4.88 Å². The molecule has 0 atom stereocenters. The molecule has 1 rings (SSSR count). The first-order valence-electron chi connectivity index (χ1n) is 4.26. The fourth-order valence-electron chi connectivity index (χ4n) is 1.08. The van der Waals surface area contributed by atoms with Crippen molar-refractivity contribution >= 4 is 11.3 Å². The van der Waals surface area contributed by atoms with Gasteiger partial charge in [-0.3, -0.25) is 0 Å². The SMILES string of the molecule is CC(C)(CN)Cc1ccc(C#N)s1. The number of nitrogens with two attached hydrogens (primary N) is 1. The second kappa shape index (κ2) is 3.91. The van der Waals surface area contributed by atoms with Crippen LogP contribution in [0.25, 0.3) is 0 Å². The molecule has 13 heavy (non-hydrogen) atoms. The van der Waals surface area contributed by atoms with Crippen molar-refractivity contribution in [2.24, 2.45) is 11.1 Å². The first-order valence-corrected chi connectivity index (χ1v) is 5.08. The van der Waals surface area contributed by atoms with Crippen molar-refractivity contribution < 1.29 is 0 Å². The maximum atomic E-state index is 8.64. The highest BCUT2D eigenvalue weighted by atomic mass is 32.1. The number of thiophene rings is 1. The van der Waals surface area contributed by atoms with Gasteiger partial charge >= 0.3 is 0 Å². The first kappa shape index (κ1) is 10.2. The lowest BCUT2D eigenvalue weighted by Gasteiger charge is -2.20. The Bertz CT molecular complexity index is 320. The Kier molecular flexibility index (Phi) is 3.07. The highest BCUT2D eigenvalue weighted by molar-refractivity contribution is 7.12. The molecule has 0 unspecified atom stereocenters. The van der Waals surface area contributed by atoms with E-state index in [4.69, 9.17) is 11.0 Å². The Morgan fingerprint density at radius 2 is 2.23 bits per heavy atom. The number of hydrogen-bond acceptors (Lipinski definition) is 3. The second-order valence-corrected chi connectivity index (χ2v) is 5.09. The molecule has 0 fully saturated rings. The van der Waals surface area contributed by atoms with Crippen LogP contribution in [-0.4, -0.2) is 6.54 Å². The largest absolute Gasteiger partial charge is 0.330 e. The third-order valence-electron chi connectivity index (χ3n) is 1.98. The van der Waals surface area contributed by atoms with Crippen molar-refractivity contribution in [2.45, 2.75) is 20.3 Å². The molecule has 3 heteroatoms. The number of nitrogens with zero attached hydrogens (tertiary/aromatic N) is 1. The Morgan fingerprint density at radius 1 is 1.54 bits per heavy atom. The van der Waals surface area contributed by atoms with Gasteiger partial charge in [-0.25, -0.2) is 0 Å². The van der Waals surface area contributed by atoms with Crippen LogP contribution in [0.3, 0.4) is 0 Å². The number of hydrogen-bond donors (Lipinski definition) is 1. The fourth-order valence-corrected chi connectivity index (χ4v) is 2.14. The molecule has 70 valence electrons. The topological polar surface area (TPSA) is 49.8 Å². The summed E-state index contributed by atoms with van der Waals surface area (Å²) in [5.41, 5.74) is 5.77. The van der Waals surface area contributed by atoms with Gasteiger partial charge in [0.15, 0.2) is 0 Å². The van der Waals surface area contributed by atoms with Crippen molar-refractivity contribution in [2.75, 3.05) is 6.54 Å². The Balaban J connectivity index is 2.70. The summed E-state index contributed by atoms with van der Waals surface area (Å²) in [7, 11) is 0. The van der Waals surface area contributed by atoms with Gasteiger partial charge in [0.25, 0.3) is 0 Å². The lowest BCUT2D eigenvalue weighted by Crippen LogP contribution is -2.25. The molecule has 0 aliphatic carbocycles. The van der Waals surface area contributed by atoms with E-state index in [-0.39, 0.29) is 5.41 Å². The van der Waals surface area contributed by atoms with Crippen LogP contribution in [0, 0.1) is 16.7 Å². The van der Waals surface area contributed by atoms with E-state index in [2.05, 4.69) is 19.9 Å². The van der Waals surface area contributed by atoms with Gasteiger partial charge in [-0.05, 0) is 30.5 Å². The van der Waals surface area contributed by atoms with Gasteiger partial charge in [0.1, 0.15) is 10.9 Å². The molecule has 0 amide bonds. The summed E-state index contributed by atoms with van der Waals surface area (Å²) in [6.45, 7) is 4.95. The lowest BCUT2D eigenvalue weighted by molar-refractivity contribution is 0.379. The van der Waals surface area contributed by atoms with E-state index in [9.17, 15) is 0 Å². The normalized spacial score (nSPS) is 11.2. The fraction of sp³-hybridized carbons (Fsp3) is 0.500. The predicted molar refractivity (Wildman–Crippen MR) is 55.6 cm³/mol. The summed E-state index contributed by atoms with van der Waals surface area (Å²) in [5, 5.41) is 8.64. The van der Waals surface area contributed by atoms with E-state index in [0.29, 0.717) is 6.54 Å². The minimum atomic E-state index is 0.136. The van der Waals surface area contributed by atoms with Gasteiger partial charge in [0.2, 0.25) is 0 Å². The van der Waals surface area contributed by atoms with E-state index in [1.54, 1.807) is 11.3 Å². The standard InChI is InChI=1S/C10H14N2S/c1-10(2,7-12)5-8-3-4-9(6-11)13-8/h3-4H,5,7,12H2,1-2H3. The minimum absolute atomic E-state index is 0.136. The average molecular weight is 194 g/mol. The summed E-state index contributed by atoms with van der Waals surface area (Å²) in [5.74, 6) is 0. The molecule has 0 aromatic carbocycles. The van der Waals surface area contributed by atoms with Crippen molar-refractivity contribution in [1.29, 1.82) is 5.26 Å². The first-order chi connectivity index (χ1) is 6.07. The monoisotopic (exact) mass is 194 g/mol.